The van der Waals surface area contributed by atoms with Gasteiger partial charge in [0.2, 0.25) is 0 Å². The van der Waals surface area contributed by atoms with Crippen LogP contribution in [0.3, 0.4) is 0 Å². The molecule has 0 unspecified atom stereocenters. The van der Waals surface area contributed by atoms with E-state index in [2.05, 4.69) is 15.1 Å². The average Bonchev–Trinajstić information content (AvgIpc) is 2.52. The predicted molar refractivity (Wildman–Crippen MR) is 45.2 cm³/mol. The number of fused-ring (bicyclic) bond motifs is 1. The first-order valence-electron chi connectivity index (χ1n) is 3.66. The molecule has 0 amide bonds. The summed E-state index contributed by atoms with van der Waals surface area (Å²) in [5.74, 6) is 0.555. The molecule has 0 saturated carbocycles. The lowest BCUT2D eigenvalue weighted by Gasteiger charge is -1.97. The van der Waals surface area contributed by atoms with Crippen LogP contribution in [0.5, 0.6) is 0 Å². The van der Waals surface area contributed by atoms with Crippen molar-refractivity contribution in [2.45, 2.75) is 13.3 Å². The largest absolute Gasteiger partial charge is 0.253 e. The molecule has 0 saturated heterocycles. The summed E-state index contributed by atoms with van der Waals surface area (Å²) in [5.41, 5.74) is 0.931. The maximum absolute atomic E-state index is 5.90. The molecule has 5 heteroatoms. The zero-order valence-electron chi connectivity index (χ0n) is 6.53. The van der Waals surface area contributed by atoms with E-state index in [0.717, 1.165) is 12.1 Å². The highest BCUT2D eigenvalue weighted by molar-refractivity contribution is 6.29. The minimum Gasteiger partial charge on any atom is -0.216 e. The van der Waals surface area contributed by atoms with E-state index < -0.39 is 0 Å². The SMILES string of the molecule is CCc1cc(Cl)n2ncnc2n1. The quantitative estimate of drug-likeness (QED) is 0.626. The monoisotopic (exact) mass is 182 g/mol. The molecule has 0 N–H and O–H groups in total. The topological polar surface area (TPSA) is 43.1 Å². The highest BCUT2D eigenvalue weighted by Crippen LogP contribution is 2.10. The Morgan fingerprint density at radius 2 is 2.42 bits per heavy atom. The summed E-state index contributed by atoms with van der Waals surface area (Å²) in [6, 6.07) is 1.79. The van der Waals surface area contributed by atoms with Gasteiger partial charge in [-0.2, -0.15) is 14.6 Å². The summed E-state index contributed by atoms with van der Waals surface area (Å²) in [6.07, 6.45) is 2.29. The fourth-order valence-electron chi connectivity index (χ4n) is 1.00. The van der Waals surface area contributed by atoms with E-state index in [-0.39, 0.29) is 0 Å². The number of hydrogen-bond donors (Lipinski definition) is 0. The van der Waals surface area contributed by atoms with Crippen LogP contribution in [0.25, 0.3) is 5.78 Å². The third-order valence-corrected chi connectivity index (χ3v) is 1.89. The van der Waals surface area contributed by atoms with E-state index in [1.165, 1.54) is 10.8 Å². The highest BCUT2D eigenvalue weighted by atomic mass is 35.5. The summed E-state index contributed by atoms with van der Waals surface area (Å²) >= 11 is 5.90. The van der Waals surface area contributed by atoms with Gasteiger partial charge < -0.3 is 0 Å². The van der Waals surface area contributed by atoms with Crippen molar-refractivity contribution in [3.63, 3.8) is 0 Å². The van der Waals surface area contributed by atoms with Crippen molar-refractivity contribution >= 4 is 17.4 Å². The second kappa shape index (κ2) is 2.71. The first kappa shape index (κ1) is 7.49. The number of hydrogen-bond acceptors (Lipinski definition) is 3. The standard InChI is InChI=1S/C7H7ClN4/c1-2-5-3-6(8)12-7(11-5)9-4-10-12/h3-4H,2H2,1H3. The molecule has 0 radical (unpaired) electrons. The van der Waals surface area contributed by atoms with Crippen LogP contribution in [0.2, 0.25) is 5.15 Å². The van der Waals surface area contributed by atoms with E-state index in [4.69, 9.17) is 11.6 Å². The summed E-state index contributed by atoms with van der Waals surface area (Å²) in [5, 5.41) is 4.46. The lowest BCUT2D eigenvalue weighted by Crippen LogP contribution is -1.96. The van der Waals surface area contributed by atoms with Crippen LogP contribution in [-0.2, 0) is 6.42 Å². The van der Waals surface area contributed by atoms with Crippen molar-refractivity contribution in [2.75, 3.05) is 0 Å². The Hall–Kier alpha value is -1.16. The van der Waals surface area contributed by atoms with Gasteiger partial charge in [-0.1, -0.05) is 18.5 Å². The van der Waals surface area contributed by atoms with Gasteiger partial charge in [-0.05, 0) is 12.5 Å². The van der Waals surface area contributed by atoms with E-state index in [1.54, 1.807) is 6.07 Å². The van der Waals surface area contributed by atoms with E-state index in [9.17, 15) is 0 Å². The predicted octanol–water partition coefficient (Wildman–Crippen LogP) is 1.34. The van der Waals surface area contributed by atoms with Gasteiger partial charge in [0.15, 0.2) is 0 Å². The van der Waals surface area contributed by atoms with Crippen molar-refractivity contribution in [1.82, 2.24) is 19.6 Å². The molecule has 2 rings (SSSR count). The number of nitrogens with zero attached hydrogens (tertiary/aromatic N) is 4. The minimum atomic E-state index is 0.550. The maximum atomic E-state index is 5.90. The second-order valence-corrected chi connectivity index (χ2v) is 2.78. The van der Waals surface area contributed by atoms with Crippen LogP contribution < -0.4 is 0 Å². The third-order valence-electron chi connectivity index (χ3n) is 1.62. The van der Waals surface area contributed by atoms with Crippen LogP contribution >= 0.6 is 11.6 Å². The average molecular weight is 183 g/mol. The molecule has 0 fully saturated rings. The van der Waals surface area contributed by atoms with Gasteiger partial charge in [0, 0.05) is 5.69 Å². The molecule has 0 atom stereocenters. The smallest absolute Gasteiger partial charge is 0.216 e. The first-order valence-corrected chi connectivity index (χ1v) is 4.04. The Bertz CT molecular complexity index is 409. The molecule has 0 aliphatic heterocycles. The van der Waals surface area contributed by atoms with E-state index in [1.807, 2.05) is 6.92 Å². The summed E-state index contributed by atoms with van der Waals surface area (Å²) in [6.45, 7) is 2.02. The lowest BCUT2D eigenvalue weighted by molar-refractivity contribution is 0.911. The molecule has 0 aromatic carbocycles. The van der Waals surface area contributed by atoms with Gasteiger partial charge in [-0.25, -0.2) is 4.98 Å². The highest BCUT2D eigenvalue weighted by Gasteiger charge is 2.03. The minimum absolute atomic E-state index is 0.550. The molecular formula is C7H7ClN4. The van der Waals surface area contributed by atoms with Gasteiger partial charge in [-0.15, -0.1) is 0 Å². The van der Waals surface area contributed by atoms with Crippen LogP contribution in [0.15, 0.2) is 12.4 Å². The lowest BCUT2D eigenvalue weighted by atomic mass is 10.3. The zero-order chi connectivity index (χ0) is 8.55. The molecule has 2 heterocycles. The van der Waals surface area contributed by atoms with Crippen molar-refractivity contribution in [1.29, 1.82) is 0 Å². The Morgan fingerprint density at radius 1 is 1.58 bits per heavy atom. The number of rotatable bonds is 1. The molecule has 0 bridgehead atoms. The Kier molecular flexibility index (Phi) is 1.69. The Balaban J connectivity index is 2.75. The van der Waals surface area contributed by atoms with E-state index >= 15 is 0 Å². The summed E-state index contributed by atoms with van der Waals surface area (Å²) < 4.78 is 1.50. The van der Waals surface area contributed by atoms with Crippen molar-refractivity contribution in [3.8, 4) is 0 Å². The fourth-order valence-corrected chi connectivity index (χ4v) is 1.25. The molecule has 0 aliphatic carbocycles. The zero-order valence-corrected chi connectivity index (χ0v) is 7.28. The molecule has 0 spiro atoms. The number of aryl methyl sites for hydroxylation is 1. The first-order chi connectivity index (χ1) is 5.81. The summed E-state index contributed by atoms with van der Waals surface area (Å²) in [7, 11) is 0. The van der Waals surface area contributed by atoms with Gasteiger partial charge in [0.05, 0.1) is 0 Å². The molecule has 0 aliphatic rings. The van der Waals surface area contributed by atoms with Gasteiger partial charge in [0.25, 0.3) is 5.78 Å². The normalized spacial score (nSPS) is 10.8. The summed E-state index contributed by atoms with van der Waals surface area (Å²) in [4.78, 5) is 8.16. The molecule has 2 aromatic heterocycles. The van der Waals surface area contributed by atoms with Crippen LogP contribution in [0.1, 0.15) is 12.6 Å². The van der Waals surface area contributed by atoms with Crippen LogP contribution in [-0.4, -0.2) is 19.6 Å². The van der Waals surface area contributed by atoms with Crippen molar-refractivity contribution in [2.24, 2.45) is 0 Å². The molecular weight excluding hydrogens is 176 g/mol. The van der Waals surface area contributed by atoms with Crippen molar-refractivity contribution in [3.05, 3.63) is 23.2 Å². The second-order valence-electron chi connectivity index (χ2n) is 2.40. The Labute approximate surface area is 74.2 Å². The van der Waals surface area contributed by atoms with Gasteiger partial charge in [0.1, 0.15) is 11.5 Å². The number of halogens is 1. The molecule has 4 nitrogen and oxygen atoms in total. The molecule has 12 heavy (non-hydrogen) atoms. The van der Waals surface area contributed by atoms with Crippen LogP contribution in [0, 0.1) is 0 Å². The molecule has 2 aromatic rings. The third kappa shape index (κ3) is 1.04. The van der Waals surface area contributed by atoms with E-state index in [0.29, 0.717) is 10.9 Å². The van der Waals surface area contributed by atoms with Gasteiger partial charge >= 0.3 is 0 Å². The number of aromatic nitrogens is 4. The van der Waals surface area contributed by atoms with Crippen molar-refractivity contribution < 1.29 is 0 Å². The maximum Gasteiger partial charge on any atom is 0.253 e. The van der Waals surface area contributed by atoms with Gasteiger partial charge in [-0.3, -0.25) is 0 Å². The fraction of sp³-hybridized carbons (Fsp3) is 0.286. The Morgan fingerprint density at radius 3 is 3.17 bits per heavy atom. The van der Waals surface area contributed by atoms with Crippen LogP contribution in [0.4, 0.5) is 0 Å². The molecule has 62 valence electrons.